The van der Waals surface area contributed by atoms with Crippen LogP contribution >= 0.6 is 0 Å². The molecular weight excluding hydrogens is 236 g/mol. The van der Waals surface area contributed by atoms with Crippen LogP contribution in [0.2, 0.25) is 0 Å². The molecule has 0 saturated carbocycles. The van der Waals surface area contributed by atoms with Crippen molar-refractivity contribution in [2.75, 3.05) is 13.1 Å². The molecule has 1 heterocycles. The monoisotopic (exact) mass is 256 g/mol. The van der Waals surface area contributed by atoms with Crippen molar-refractivity contribution >= 4 is 11.5 Å². The van der Waals surface area contributed by atoms with Gasteiger partial charge in [0, 0.05) is 13.1 Å². The van der Waals surface area contributed by atoms with Crippen LogP contribution in [0.25, 0.3) is 5.57 Å². The predicted molar refractivity (Wildman–Crippen MR) is 78.4 cm³/mol. The van der Waals surface area contributed by atoms with Gasteiger partial charge in [-0.25, -0.2) is 0 Å². The number of hydrogen-bond acceptors (Lipinski definition) is 2. The quantitative estimate of drug-likeness (QED) is 0.839. The Balaban J connectivity index is 2.00. The molecule has 0 fully saturated rings. The van der Waals surface area contributed by atoms with Gasteiger partial charge in [0.05, 0.1) is 6.04 Å². The number of carbonyl (C=O) groups excluding carboxylic acids is 1. The SMILES string of the molecule is C=CCC(N)C(=O)N1CC=C(c2ccccc2)CC1. The minimum Gasteiger partial charge on any atom is -0.337 e. The highest BCUT2D eigenvalue weighted by Crippen LogP contribution is 2.22. The van der Waals surface area contributed by atoms with Crippen LogP contribution in [0.5, 0.6) is 0 Å². The van der Waals surface area contributed by atoms with E-state index in [2.05, 4.69) is 24.8 Å². The standard InChI is InChI=1S/C16H20N2O/c1-2-6-15(17)16(19)18-11-9-14(10-12-18)13-7-4-3-5-8-13/h2-5,7-9,15H,1,6,10-12,17H2. The zero-order valence-corrected chi connectivity index (χ0v) is 11.1. The number of carbonyl (C=O) groups is 1. The van der Waals surface area contributed by atoms with E-state index >= 15 is 0 Å². The topological polar surface area (TPSA) is 46.3 Å². The third kappa shape index (κ3) is 3.32. The molecule has 3 heteroatoms. The van der Waals surface area contributed by atoms with E-state index in [-0.39, 0.29) is 5.91 Å². The van der Waals surface area contributed by atoms with Crippen molar-refractivity contribution in [3.8, 4) is 0 Å². The maximum Gasteiger partial charge on any atom is 0.240 e. The summed E-state index contributed by atoms with van der Waals surface area (Å²) in [5.41, 5.74) is 8.37. The van der Waals surface area contributed by atoms with Gasteiger partial charge in [0.25, 0.3) is 0 Å². The highest BCUT2D eigenvalue weighted by atomic mass is 16.2. The van der Waals surface area contributed by atoms with Crippen molar-refractivity contribution < 1.29 is 4.79 Å². The Morgan fingerprint density at radius 3 is 2.74 bits per heavy atom. The van der Waals surface area contributed by atoms with Crippen molar-refractivity contribution in [3.63, 3.8) is 0 Å². The summed E-state index contributed by atoms with van der Waals surface area (Å²) in [6.07, 6.45) is 5.23. The fourth-order valence-electron chi connectivity index (χ4n) is 2.30. The Labute approximate surface area is 114 Å². The van der Waals surface area contributed by atoms with E-state index in [1.54, 1.807) is 6.08 Å². The second-order valence-corrected chi connectivity index (χ2v) is 4.76. The van der Waals surface area contributed by atoms with Crippen LogP contribution in [0.4, 0.5) is 0 Å². The number of benzene rings is 1. The molecule has 3 nitrogen and oxygen atoms in total. The van der Waals surface area contributed by atoms with Gasteiger partial charge in [-0.15, -0.1) is 6.58 Å². The number of rotatable bonds is 4. The third-order valence-electron chi connectivity index (χ3n) is 3.40. The Morgan fingerprint density at radius 2 is 2.16 bits per heavy atom. The average molecular weight is 256 g/mol. The Bertz CT molecular complexity index is 479. The summed E-state index contributed by atoms with van der Waals surface area (Å²) in [7, 11) is 0. The van der Waals surface area contributed by atoms with Crippen LogP contribution in [-0.4, -0.2) is 29.9 Å². The number of nitrogens with two attached hydrogens (primary N) is 1. The summed E-state index contributed by atoms with van der Waals surface area (Å²) in [4.78, 5) is 13.9. The molecule has 100 valence electrons. The molecule has 1 unspecified atom stereocenters. The van der Waals surface area contributed by atoms with Crippen LogP contribution in [0.1, 0.15) is 18.4 Å². The molecular formula is C16H20N2O. The van der Waals surface area contributed by atoms with E-state index in [0.29, 0.717) is 13.0 Å². The summed E-state index contributed by atoms with van der Waals surface area (Å²) in [5.74, 6) is 0.0169. The Kier molecular flexibility index (Phi) is 4.53. The molecule has 1 aliphatic rings. The molecule has 0 aromatic heterocycles. The second kappa shape index (κ2) is 6.34. The summed E-state index contributed by atoms with van der Waals surface area (Å²) >= 11 is 0. The Morgan fingerprint density at radius 1 is 1.42 bits per heavy atom. The maximum atomic E-state index is 12.1. The molecule has 1 aromatic carbocycles. The lowest BCUT2D eigenvalue weighted by atomic mass is 9.99. The van der Waals surface area contributed by atoms with Crippen LogP contribution in [-0.2, 0) is 4.79 Å². The number of hydrogen-bond donors (Lipinski definition) is 1. The molecule has 0 aliphatic carbocycles. The molecule has 19 heavy (non-hydrogen) atoms. The molecule has 1 aromatic rings. The van der Waals surface area contributed by atoms with E-state index < -0.39 is 6.04 Å². The van der Waals surface area contributed by atoms with Crippen molar-refractivity contribution in [2.45, 2.75) is 18.9 Å². The number of amides is 1. The summed E-state index contributed by atoms with van der Waals surface area (Å²) in [6.45, 7) is 5.00. The predicted octanol–water partition coefficient (Wildman–Crippen LogP) is 2.21. The molecule has 0 bridgehead atoms. The average Bonchev–Trinajstić information content (AvgIpc) is 2.48. The van der Waals surface area contributed by atoms with E-state index in [1.807, 2.05) is 23.1 Å². The van der Waals surface area contributed by atoms with Crippen LogP contribution < -0.4 is 5.73 Å². The highest BCUT2D eigenvalue weighted by molar-refractivity contribution is 5.83. The minimum atomic E-state index is -0.454. The van der Waals surface area contributed by atoms with Gasteiger partial charge in [-0.2, -0.15) is 0 Å². The first-order chi connectivity index (χ1) is 9.22. The van der Waals surface area contributed by atoms with E-state index in [1.165, 1.54) is 11.1 Å². The fourth-order valence-corrected chi connectivity index (χ4v) is 2.30. The smallest absolute Gasteiger partial charge is 0.240 e. The molecule has 2 N–H and O–H groups in total. The van der Waals surface area contributed by atoms with Gasteiger partial charge in [0.2, 0.25) is 5.91 Å². The first kappa shape index (κ1) is 13.6. The normalized spacial score (nSPS) is 16.7. The minimum absolute atomic E-state index is 0.0169. The van der Waals surface area contributed by atoms with E-state index in [9.17, 15) is 4.79 Å². The molecule has 0 radical (unpaired) electrons. The second-order valence-electron chi connectivity index (χ2n) is 4.76. The lowest BCUT2D eigenvalue weighted by Gasteiger charge is -2.28. The molecule has 1 aliphatic heterocycles. The Hall–Kier alpha value is -1.87. The molecule has 0 saturated heterocycles. The van der Waals surface area contributed by atoms with Crippen LogP contribution in [0.15, 0.2) is 49.1 Å². The summed E-state index contributed by atoms with van der Waals surface area (Å²) < 4.78 is 0. The van der Waals surface area contributed by atoms with Crippen molar-refractivity contribution in [2.24, 2.45) is 5.73 Å². The van der Waals surface area contributed by atoms with Crippen LogP contribution in [0, 0.1) is 0 Å². The largest absolute Gasteiger partial charge is 0.337 e. The summed E-state index contributed by atoms with van der Waals surface area (Å²) in [6, 6.07) is 9.84. The van der Waals surface area contributed by atoms with Gasteiger partial charge in [-0.05, 0) is 24.0 Å². The van der Waals surface area contributed by atoms with Gasteiger partial charge in [-0.1, -0.05) is 42.5 Å². The highest BCUT2D eigenvalue weighted by Gasteiger charge is 2.22. The van der Waals surface area contributed by atoms with Crippen molar-refractivity contribution in [1.82, 2.24) is 4.90 Å². The van der Waals surface area contributed by atoms with Gasteiger partial charge in [0.1, 0.15) is 0 Å². The van der Waals surface area contributed by atoms with Gasteiger partial charge < -0.3 is 10.6 Å². The van der Waals surface area contributed by atoms with E-state index in [4.69, 9.17) is 5.73 Å². The fraction of sp³-hybridized carbons (Fsp3) is 0.312. The van der Waals surface area contributed by atoms with Crippen molar-refractivity contribution in [1.29, 1.82) is 0 Å². The lowest BCUT2D eigenvalue weighted by molar-refractivity contribution is -0.132. The lowest BCUT2D eigenvalue weighted by Crippen LogP contribution is -2.45. The van der Waals surface area contributed by atoms with Crippen molar-refractivity contribution in [3.05, 3.63) is 54.6 Å². The summed E-state index contributed by atoms with van der Waals surface area (Å²) in [5, 5.41) is 0. The molecule has 1 amide bonds. The zero-order valence-electron chi connectivity index (χ0n) is 11.1. The molecule has 1 atom stereocenters. The number of nitrogens with zero attached hydrogens (tertiary/aromatic N) is 1. The van der Waals surface area contributed by atoms with Gasteiger partial charge >= 0.3 is 0 Å². The zero-order chi connectivity index (χ0) is 13.7. The van der Waals surface area contributed by atoms with Crippen LogP contribution in [0.3, 0.4) is 0 Å². The van der Waals surface area contributed by atoms with Gasteiger partial charge in [0.15, 0.2) is 0 Å². The molecule has 2 rings (SSSR count). The first-order valence-electron chi connectivity index (χ1n) is 6.62. The first-order valence-corrected chi connectivity index (χ1v) is 6.62. The third-order valence-corrected chi connectivity index (χ3v) is 3.40. The van der Waals surface area contributed by atoms with Gasteiger partial charge in [-0.3, -0.25) is 4.79 Å². The maximum absolute atomic E-state index is 12.1. The molecule has 0 spiro atoms. The van der Waals surface area contributed by atoms with E-state index in [0.717, 1.165) is 13.0 Å².